The first-order valence-electron chi connectivity index (χ1n) is 11.4. The second-order valence-electron chi connectivity index (χ2n) is 8.79. The third-order valence-corrected chi connectivity index (χ3v) is 6.64. The summed E-state index contributed by atoms with van der Waals surface area (Å²) in [5.41, 5.74) is 7.47. The average Bonchev–Trinajstić information content (AvgIpc) is 3.51. The Hall–Kier alpha value is -3.63. The van der Waals surface area contributed by atoms with Gasteiger partial charge in [0.25, 0.3) is 5.91 Å². The molecule has 0 saturated heterocycles. The lowest BCUT2D eigenvalue weighted by Gasteiger charge is -2.30. The molecule has 0 radical (unpaired) electrons. The van der Waals surface area contributed by atoms with E-state index in [9.17, 15) is 4.79 Å². The minimum atomic E-state index is -0.0915. The van der Waals surface area contributed by atoms with Crippen molar-refractivity contribution < 1.29 is 14.3 Å². The van der Waals surface area contributed by atoms with Crippen LogP contribution in [0, 0.1) is 0 Å². The van der Waals surface area contributed by atoms with Crippen LogP contribution in [-0.4, -0.2) is 25.7 Å². The van der Waals surface area contributed by atoms with Gasteiger partial charge in [0.15, 0.2) is 0 Å². The lowest BCUT2D eigenvalue weighted by molar-refractivity contribution is 0.0966. The number of nitrogens with zero attached hydrogens (tertiary/aromatic N) is 1. The fourth-order valence-corrected chi connectivity index (χ4v) is 4.95. The van der Waals surface area contributed by atoms with Crippen molar-refractivity contribution in [2.75, 3.05) is 18.6 Å². The quantitative estimate of drug-likeness (QED) is 0.508. The zero-order chi connectivity index (χ0) is 22.4. The number of allylic oxidation sites excluding steroid dienone is 2. The number of carbonyl (C=O) groups excluding carboxylic acids is 1. The highest BCUT2D eigenvalue weighted by atomic mass is 16.5. The number of benzene rings is 3. The Bertz CT molecular complexity index is 1290. The molecule has 4 nitrogen and oxygen atoms in total. The molecule has 164 valence electrons. The highest BCUT2D eigenvalue weighted by molar-refractivity contribution is 6.12. The number of hydrogen-bond donors (Lipinski definition) is 0. The molecule has 3 aliphatic rings. The van der Waals surface area contributed by atoms with Crippen LogP contribution in [0.15, 0.2) is 84.9 Å². The van der Waals surface area contributed by atoms with Crippen molar-refractivity contribution in [2.45, 2.75) is 25.0 Å². The van der Waals surface area contributed by atoms with Gasteiger partial charge in [-0.25, -0.2) is 0 Å². The van der Waals surface area contributed by atoms with E-state index in [-0.39, 0.29) is 17.9 Å². The molecule has 1 aliphatic carbocycles. The average molecular weight is 436 g/mol. The monoisotopic (exact) mass is 435 g/mol. The molecule has 6 rings (SSSR count). The van der Waals surface area contributed by atoms with Gasteiger partial charge < -0.3 is 14.4 Å². The molecule has 0 N–H and O–H groups in total. The van der Waals surface area contributed by atoms with Gasteiger partial charge in [-0.15, -0.1) is 0 Å². The Morgan fingerprint density at radius 2 is 1.73 bits per heavy atom. The number of fused-ring (bicyclic) bond motifs is 5. The highest BCUT2D eigenvalue weighted by Crippen LogP contribution is 2.51. The summed E-state index contributed by atoms with van der Waals surface area (Å²) >= 11 is 0. The molecule has 3 aromatic carbocycles. The third kappa shape index (κ3) is 3.57. The normalized spacial score (nSPS) is 20.5. The van der Waals surface area contributed by atoms with Gasteiger partial charge in [0, 0.05) is 36.1 Å². The van der Waals surface area contributed by atoms with E-state index in [1.54, 1.807) is 7.11 Å². The van der Waals surface area contributed by atoms with Gasteiger partial charge in [-0.2, -0.15) is 0 Å². The molecular formula is C29H25NO3. The molecule has 0 bridgehead atoms. The maximum atomic E-state index is 13.8. The second kappa shape index (κ2) is 8.05. The van der Waals surface area contributed by atoms with Crippen molar-refractivity contribution in [1.29, 1.82) is 0 Å². The smallest absolute Gasteiger partial charge is 0.258 e. The fourth-order valence-electron chi connectivity index (χ4n) is 4.95. The zero-order valence-corrected chi connectivity index (χ0v) is 18.5. The molecule has 0 aromatic heterocycles. The van der Waals surface area contributed by atoms with Gasteiger partial charge in [0.1, 0.15) is 11.9 Å². The zero-order valence-electron chi connectivity index (χ0n) is 18.5. The van der Waals surface area contributed by atoms with Crippen LogP contribution in [0.5, 0.6) is 0 Å². The first-order chi connectivity index (χ1) is 16.2. The van der Waals surface area contributed by atoms with Gasteiger partial charge in [0.2, 0.25) is 0 Å². The van der Waals surface area contributed by atoms with Gasteiger partial charge >= 0.3 is 0 Å². The molecule has 0 saturated carbocycles. The van der Waals surface area contributed by atoms with E-state index in [2.05, 4.69) is 54.6 Å². The third-order valence-electron chi connectivity index (χ3n) is 6.64. The summed E-state index contributed by atoms with van der Waals surface area (Å²) in [5, 5.41) is 0. The Balaban J connectivity index is 1.27. The number of para-hydroxylation sites is 1. The Labute approximate surface area is 193 Å². The predicted octanol–water partition coefficient (Wildman–Crippen LogP) is 5.80. The van der Waals surface area contributed by atoms with Crippen molar-refractivity contribution in [3.63, 3.8) is 0 Å². The lowest BCUT2D eigenvalue weighted by atomic mass is 9.94. The molecule has 3 aromatic rings. The molecular weight excluding hydrogens is 410 g/mol. The number of anilines is 1. The van der Waals surface area contributed by atoms with Crippen LogP contribution in [-0.2, 0) is 16.1 Å². The lowest BCUT2D eigenvalue weighted by Crippen LogP contribution is -2.39. The van der Waals surface area contributed by atoms with Gasteiger partial charge in [0.05, 0.1) is 18.8 Å². The summed E-state index contributed by atoms with van der Waals surface area (Å²) in [6.45, 7) is 1.10. The molecule has 2 aliphatic heterocycles. The molecule has 2 atom stereocenters. The van der Waals surface area contributed by atoms with E-state index < -0.39 is 0 Å². The summed E-state index contributed by atoms with van der Waals surface area (Å²) in [4.78, 5) is 15.7. The van der Waals surface area contributed by atoms with Crippen molar-refractivity contribution in [1.82, 2.24) is 0 Å². The van der Waals surface area contributed by atoms with E-state index in [1.165, 1.54) is 5.57 Å². The van der Waals surface area contributed by atoms with Crippen molar-refractivity contribution in [3.05, 3.63) is 113 Å². The molecule has 2 unspecified atom stereocenters. The van der Waals surface area contributed by atoms with Crippen LogP contribution in [0.3, 0.4) is 0 Å². The van der Waals surface area contributed by atoms with Crippen LogP contribution in [0.2, 0.25) is 0 Å². The van der Waals surface area contributed by atoms with Crippen LogP contribution in [0.25, 0.3) is 11.3 Å². The summed E-state index contributed by atoms with van der Waals surface area (Å²) in [7, 11) is 1.70. The first-order valence-corrected chi connectivity index (χ1v) is 11.4. The van der Waals surface area contributed by atoms with Crippen LogP contribution >= 0.6 is 0 Å². The number of amides is 1. The maximum Gasteiger partial charge on any atom is 0.258 e. The highest BCUT2D eigenvalue weighted by Gasteiger charge is 2.38. The van der Waals surface area contributed by atoms with Crippen LogP contribution in [0.1, 0.15) is 45.0 Å². The standard InChI is InChI=1S/C29H25NO3/c1-32-18-19-10-12-20(13-11-19)28-15-14-21(33-28)17-30-27-9-5-4-7-23(27)26-16-25(26)22-6-2-3-8-24(22)29(30)31/h2-13,15-16,21,25H,14,17-18H2,1H3. The Kier molecular flexibility index (Phi) is 4.88. The van der Waals surface area contributed by atoms with Gasteiger partial charge in [-0.3, -0.25) is 4.79 Å². The maximum absolute atomic E-state index is 13.8. The molecule has 1 amide bonds. The fraction of sp³-hybridized carbons (Fsp3) is 0.207. The van der Waals surface area contributed by atoms with Crippen molar-refractivity contribution in [2.24, 2.45) is 0 Å². The van der Waals surface area contributed by atoms with Crippen molar-refractivity contribution >= 4 is 22.9 Å². The molecule has 4 heteroatoms. The summed E-state index contributed by atoms with van der Waals surface area (Å²) in [5.74, 6) is 1.16. The second-order valence-corrected chi connectivity index (χ2v) is 8.79. The predicted molar refractivity (Wildman–Crippen MR) is 130 cm³/mol. The SMILES string of the molecule is COCc1ccc(C2=CCC(CN3C(=O)c4ccccc4C4C=C4c4ccccc43)O2)cc1. The number of ether oxygens (including phenoxy) is 2. The Morgan fingerprint density at radius 3 is 2.55 bits per heavy atom. The van der Waals surface area contributed by atoms with Crippen LogP contribution < -0.4 is 4.90 Å². The molecule has 33 heavy (non-hydrogen) atoms. The van der Waals surface area contributed by atoms with E-state index in [4.69, 9.17) is 9.47 Å². The minimum Gasteiger partial charge on any atom is -0.488 e. The Morgan fingerprint density at radius 1 is 0.970 bits per heavy atom. The molecule has 0 spiro atoms. The largest absolute Gasteiger partial charge is 0.488 e. The van der Waals surface area contributed by atoms with Crippen molar-refractivity contribution in [3.8, 4) is 0 Å². The minimum absolute atomic E-state index is 0.0402. The number of methoxy groups -OCH3 is 1. The summed E-state index contributed by atoms with van der Waals surface area (Å²) < 4.78 is 11.5. The van der Waals surface area contributed by atoms with Gasteiger partial charge in [-0.1, -0.05) is 66.7 Å². The topological polar surface area (TPSA) is 38.8 Å². The van der Waals surface area contributed by atoms with E-state index in [1.807, 2.05) is 35.2 Å². The number of hydrogen-bond acceptors (Lipinski definition) is 3. The summed E-state index contributed by atoms with van der Waals surface area (Å²) in [6.07, 6.45) is 5.07. The van der Waals surface area contributed by atoms with Gasteiger partial charge in [-0.05, 0) is 34.9 Å². The van der Waals surface area contributed by atoms with E-state index in [0.29, 0.717) is 13.2 Å². The molecule has 2 heterocycles. The number of rotatable bonds is 5. The van der Waals surface area contributed by atoms with E-state index >= 15 is 0 Å². The first kappa shape index (κ1) is 20.0. The van der Waals surface area contributed by atoms with E-state index in [0.717, 1.165) is 45.7 Å². The van der Waals surface area contributed by atoms with Crippen LogP contribution in [0.4, 0.5) is 5.69 Å². The summed E-state index contributed by atoms with van der Waals surface area (Å²) in [6, 6.07) is 24.5. The molecule has 0 fully saturated rings. The number of carbonyl (C=O) groups is 1.